The van der Waals surface area contributed by atoms with Crippen molar-refractivity contribution >= 4 is 70.1 Å². The molecule has 12 nitrogen and oxygen atoms in total. The molecule has 15 heteroatoms. The van der Waals surface area contributed by atoms with Crippen LogP contribution in [0.2, 0.25) is 0 Å². The van der Waals surface area contributed by atoms with Crippen molar-refractivity contribution in [3.8, 4) is 0 Å². The third-order valence-electron chi connectivity index (χ3n) is 7.87. The lowest BCUT2D eigenvalue weighted by atomic mass is 9.90. The van der Waals surface area contributed by atoms with Gasteiger partial charge in [0.1, 0.15) is 11.4 Å². The fourth-order valence-corrected chi connectivity index (χ4v) is 6.76. The van der Waals surface area contributed by atoms with E-state index in [4.69, 9.17) is 0 Å². The molecule has 0 radical (unpaired) electrons. The maximum atomic E-state index is 11.4. The molecule has 0 atom stereocenters. The standard InChI is InChI=1S/C37H29N3O9S3/c41-50(42,43)34-19-13-31(14-20-34)38-28-7-1-25(2-8-28)37(26-3-9-29(10-4-26)39-32-15-21-35(22-16-32)51(44,45)46)27-5-11-30(12-6-27)40-33-17-23-36(24-18-33)52(47,48)49/h1-24,38-39H,(H,41,42,43)(H,44,45,46)(H,47,48,49)/p+1. The van der Waals surface area contributed by atoms with Crippen molar-refractivity contribution in [2.24, 2.45) is 4.99 Å². The first-order chi connectivity index (χ1) is 24.6. The summed E-state index contributed by atoms with van der Waals surface area (Å²) in [4.78, 5) is 3.93. The topological polar surface area (TPSA) is 204 Å². The smallest absolute Gasteiger partial charge is 0.294 e. The molecule has 0 unspecified atom stereocenters. The van der Waals surface area contributed by atoms with Crippen molar-refractivity contribution in [2.75, 3.05) is 5.32 Å². The van der Waals surface area contributed by atoms with Gasteiger partial charge in [0.05, 0.1) is 26.1 Å². The maximum Gasteiger partial charge on any atom is 0.294 e. The van der Waals surface area contributed by atoms with Crippen LogP contribution in [0, 0.1) is 0 Å². The lowest BCUT2D eigenvalue weighted by molar-refractivity contribution is -0.478. The van der Waals surface area contributed by atoms with E-state index < -0.39 is 30.4 Å². The van der Waals surface area contributed by atoms with Gasteiger partial charge in [0.15, 0.2) is 0 Å². The highest BCUT2D eigenvalue weighted by atomic mass is 32.2. The lowest BCUT2D eigenvalue weighted by Crippen LogP contribution is -2.70. The first-order valence-electron chi connectivity index (χ1n) is 15.4. The molecule has 6 rings (SSSR count). The molecule has 1 aliphatic rings. The number of aliphatic imine (C=N–C) groups is 1. The number of rotatable bonds is 10. The van der Waals surface area contributed by atoms with E-state index in [1.165, 1.54) is 48.5 Å². The Balaban J connectivity index is 1.29. The van der Waals surface area contributed by atoms with Gasteiger partial charge in [-0.2, -0.15) is 25.3 Å². The van der Waals surface area contributed by atoms with Gasteiger partial charge in [-0.3, -0.25) is 19.0 Å². The summed E-state index contributed by atoms with van der Waals surface area (Å²) in [5.41, 5.74) is 7.63. The molecule has 5 aromatic carbocycles. The summed E-state index contributed by atoms with van der Waals surface area (Å²) >= 11 is 0. The monoisotopic (exact) mass is 756 g/mol. The first kappa shape index (κ1) is 36.3. The zero-order valence-electron chi connectivity index (χ0n) is 26.9. The molecule has 0 bridgehead atoms. The van der Waals surface area contributed by atoms with Crippen molar-refractivity contribution in [1.29, 1.82) is 0 Å². The van der Waals surface area contributed by atoms with Crippen LogP contribution >= 0.6 is 0 Å². The van der Waals surface area contributed by atoms with Crippen molar-refractivity contribution in [3.63, 3.8) is 0 Å². The number of anilines is 2. The summed E-state index contributed by atoms with van der Waals surface area (Å²) in [7, 11) is -12.9. The molecule has 0 heterocycles. The quantitative estimate of drug-likeness (QED) is 0.0784. The van der Waals surface area contributed by atoms with Gasteiger partial charge >= 0.3 is 0 Å². The van der Waals surface area contributed by atoms with E-state index in [1.807, 2.05) is 78.2 Å². The Kier molecular flexibility index (Phi) is 10.2. The predicted molar refractivity (Wildman–Crippen MR) is 198 cm³/mol. The highest BCUT2D eigenvalue weighted by molar-refractivity contribution is 7.86. The third kappa shape index (κ3) is 9.03. The summed E-state index contributed by atoms with van der Waals surface area (Å²) < 4.78 is 96.2. The molecule has 0 saturated heterocycles. The van der Waals surface area contributed by atoms with Crippen LogP contribution in [0.3, 0.4) is 0 Å². The van der Waals surface area contributed by atoms with Gasteiger partial charge in [-0.05, 0) is 131 Å². The normalized spacial score (nSPS) is 13.2. The molecule has 5 aromatic rings. The molecule has 6 N–H and O–H groups in total. The molecule has 0 saturated carbocycles. The molecular weight excluding hydrogens is 727 g/mol. The minimum Gasteiger partial charge on any atom is -0.356 e. The van der Waals surface area contributed by atoms with Gasteiger partial charge in [-0.15, -0.1) is 0 Å². The van der Waals surface area contributed by atoms with E-state index in [2.05, 4.69) is 10.3 Å². The third-order valence-corrected chi connectivity index (χ3v) is 10.5. The summed E-state index contributed by atoms with van der Waals surface area (Å²) in [5.74, 6) is 0. The van der Waals surface area contributed by atoms with Crippen LogP contribution in [-0.2, 0) is 30.4 Å². The minimum absolute atomic E-state index is 0.190. The highest BCUT2D eigenvalue weighted by Crippen LogP contribution is 2.32. The van der Waals surface area contributed by atoms with E-state index in [9.17, 15) is 38.9 Å². The predicted octanol–water partition coefficient (Wildman–Crippen LogP) is 6.40. The lowest BCUT2D eigenvalue weighted by Gasteiger charge is -2.15. The molecule has 0 aromatic heterocycles. The van der Waals surface area contributed by atoms with Crippen molar-refractivity contribution in [3.05, 3.63) is 162 Å². The van der Waals surface area contributed by atoms with Gasteiger partial charge in [0, 0.05) is 23.5 Å². The van der Waals surface area contributed by atoms with Crippen LogP contribution in [0.1, 0.15) is 11.1 Å². The van der Waals surface area contributed by atoms with Crippen LogP contribution in [0.5, 0.6) is 0 Å². The molecule has 52 heavy (non-hydrogen) atoms. The second-order valence-electron chi connectivity index (χ2n) is 11.5. The zero-order valence-corrected chi connectivity index (χ0v) is 29.3. The van der Waals surface area contributed by atoms with Crippen LogP contribution < -0.4 is 10.6 Å². The number of nitrogens with one attached hydrogen (secondary N) is 1. The Labute approximate surface area is 300 Å². The summed E-state index contributed by atoms with van der Waals surface area (Å²) in [6, 6.07) is 32.5. The number of benzene rings is 5. The van der Waals surface area contributed by atoms with Gasteiger partial charge < -0.3 is 5.32 Å². The molecule has 1 aliphatic carbocycles. The van der Waals surface area contributed by atoms with Gasteiger partial charge in [-0.25, -0.2) is 4.99 Å². The first-order valence-corrected chi connectivity index (χ1v) is 19.7. The maximum absolute atomic E-state index is 11.4. The summed E-state index contributed by atoms with van der Waals surface area (Å²) in [6.45, 7) is 0. The Morgan fingerprint density at radius 3 is 1.29 bits per heavy atom. The van der Waals surface area contributed by atoms with E-state index >= 15 is 0 Å². The number of hydrogen-bond acceptors (Lipinski definition) is 8. The van der Waals surface area contributed by atoms with Crippen LogP contribution in [0.15, 0.2) is 171 Å². The van der Waals surface area contributed by atoms with Crippen LogP contribution in [0.4, 0.5) is 28.4 Å². The highest BCUT2D eigenvalue weighted by Gasteiger charge is 2.15. The van der Waals surface area contributed by atoms with Gasteiger partial charge in [-0.1, -0.05) is 24.3 Å². The molecule has 0 fully saturated rings. The SMILES string of the molecule is O=S(=O)(O)c1ccc(N=C2C=CC(=C(c3ccc(Nc4ccc(S(=O)(=O)O)cc4)cc3)c3ccc([NH2+]c4ccc(S(=O)(=O)O)cc4)cc3)C=C2)cc1. The molecular formula is C37H30N3O9S3+. The largest absolute Gasteiger partial charge is 0.356 e. The van der Waals surface area contributed by atoms with Crippen LogP contribution in [0.25, 0.3) is 5.57 Å². The van der Waals surface area contributed by atoms with Gasteiger partial charge in [0.25, 0.3) is 30.4 Å². The molecule has 264 valence electrons. The minimum atomic E-state index is -4.32. The molecule has 0 aliphatic heterocycles. The Hall–Kier alpha value is -5.52. The van der Waals surface area contributed by atoms with E-state index in [1.54, 1.807) is 24.3 Å². The number of allylic oxidation sites excluding steroid dienone is 5. The van der Waals surface area contributed by atoms with E-state index in [0.717, 1.165) is 39.3 Å². The number of hydrogen-bond donors (Lipinski definition) is 5. The average Bonchev–Trinajstić information content (AvgIpc) is 3.10. The van der Waals surface area contributed by atoms with Crippen molar-refractivity contribution in [1.82, 2.24) is 0 Å². The Morgan fingerprint density at radius 2 is 0.846 bits per heavy atom. The Bertz CT molecular complexity index is 2440. The molecule has 0 amide bonds. The Morgan fingerprint density at radius 1 is 0.481 bits per heavy atom. The number of quaternary nitrogens is 1. The number of nitrogens with two attached hydrogens (primary N) is 1. The number of nitrogens with zero attached hydrogens (tertiary/aromatic N) is 1. The zero-order chi connectivity index (χ0) is 37.1. The van der Waals surface area contributed by atoms with Crippen molar-refractivity contribution in [2.45, 2.75) is 14.7 Å². The fourth-order valence-electron chi connectivity index (χ4n) is 5.32. The molecule has 0 spiro atoms. The van der Waals surface area contributed by atoms with E-state index in [0.29, 0.717) is 17.1 Å². The van der Waals surface area contributed by atoms with Gasteiger partial charge in [0.2, 0.25) is 0 Å². The van der Waals surface area contributed by atoms with E-state index in [-0.39, 0.29) is 14.7 Å². The second-order valence-corrected chi connectivity index (χ2v) is 15.8. The van der Waals surface area contributed by atoms with Crippen LogP contribution in [-0.4, -0.2) is 44.6 Å². The summed E-state index contributed by atoms with van der Waals surface area (Å²) in [6.07, 6.45) is 7.49. The second kappa shape index (κ2) is 14.6. The van der Waals surface area contributed by atoms with Crippen molar-refractivity contribution < 1.29 is 44.2 Å². The fraction of sp³-hybridized carbons (Fsp3) is 0. The summed E-state index contributed by atoms with van der Waals surface area (Å²) in [5, 5.41) is 5.09. The average molecular weight is 757 g/mol.